The normalized spacial score (nSPS) is 19.8. The summed E-state index contributed by atoms with van der Waals surface area (Å²) in [5.74, 6) is 0.500. The van der Waals surface area contributed by atoms with Gasteiger partial charge in [-0.2, -0.15) is 0 Å². The highest BCUT2D eigenvalue weighted by molar-refractivity contribution is 6.36. The topological polar surface area (TPSA) is 71.3 Å². The van der Waals surface area contributed by atoms with Crippen molar-refractivity contribution in [2.45, 2.75) is 32.2 Å². The first-order valence-electron chi connectivity index (χ1n) is 8.59. The molecule has 0 spiro atoms. The van der Waals surface area contributed by atoms with Crippen LogP contribution in [0.2, 0.25) is 10.0 Å². The molecular weight excluding hydrogens is 375 g/mol. The number of rotatable bonds is 5. The van der Waals surface area contributed by atoms with Gasteiger partial charge in [0.2, 0.25) is 11.8 Å². The molecule has 2 amide bonds. The van der Waals surface area contributed by atoms with Crippen LogP contribution in [0.1, 0.15) is 31.4 Å². The smallest absolute Gasteiger partial charge is 0.227 e. The van der Waals surface area contributed by atoms with Gasteiger partial charge in [0, 0.05) is 16.9 Å². The molecule has 5 nitrogen and oxygen atoms in total. The number of nitrogens with one attached hydrogen (secondary N) is 2. The highest BCUT2D eigenvalue weighted by Gasteiger charge is 2.30. The monoisotopic (exact) mass is 394 g/mol. The van der Waals surface area contributed by atoms with Gasteiger partial charge >= 0.3 is 0 Å². The Balaban J connectivity index is 1.46. The van der Waals surface area contributed by atoms with Crippen LogP contribution < -0.4 is 10.6 Å². The lowest BCUT2D eigenvalue weighted by atomic mass is 9.81. The summed E-state index contributed by atoms with van der Waals surface area (Å²) in [5.41, 5.74) is 0.555. The Hall–Kier alpha value is -1.98. The second kappa shape index (κ2) is 8.60. The molecule has 1 aliphatic carbocycles. The molecule has 138 valence electrons. The van der Waals surface area contributed by atoms with Crippen molar-refractivity contribution in [2.24, 2.45) is 11.8 Å². The van der Waals surface area contributed by atoms with E-state index in [-0.39, 0.29) is 23.7 Å². The molecule has 0 aliphatic heterocycles. The minimum atomic E-state index is -0.115. The lowest BCUT2D eigenvalue weighted by Crippen LogP contribution is -2.35. The Kier molecular flexibility index (Phi) is 6.22. The van der Waals surface area contributed by atoms with Crippen molar-refractivity contribution in [2.75, 3.05) is 5.32 Å². The van der Waals surface area contributed by atoms with Gasteiger partial charge in [-0.25, -0.2) is 0 Å². The van der Waals surface area contributed by atoms with Crippen LogP contribution in [0, 0.1) is 11.8 Å². The van der Waals surface area contributed by atoms with Crippen molar-refractivity contribution in [1.29, 1.82) is 0 Å². The van der Waals surface area contributed by atoms with Gasteiger partial charge in [0.05, 0.1) is 23.5 Å². The van der Waals surface area contributed by atoms with E-state index in [4.69, 9.17) is 27.6 Å². The molecular formula is C19H20Cl2N2O3. The first-order chi connectivity index (χ1) is 12.5. The molecule has 0 unspecified atom stereocenters. The standard InChI is InChI=1S/C19H20Cl2N2O3/c20-14-7-8-17(16(21)10-14)23-19(25)13-5-3-12(4-6-13)18(24)22-11-15-2-1-9-26-15/h1-2,7-10,12-13H,3-6,11H2,(H,22,24)(H,23,25). The van der Waals surface area contributed by atoms with E-state index in [0.29, 0.717) is 48.0 Å². The van der Waals surface area contributed by atoms with E-state index in [1.54, 1.807) is 30.5 Å². The molecule has 26 heavy (non-hydrogen) atoms. The largest absolute Gasteiger partial charge is 0.467 e. The van der Waals surface area contributed by atoms with Crippen molar-refractivity contribution in [3.63, 3.8) is 0 Å². The number of halogens is 2. The van der Waals surface area contributed by atoms with Crippen LogP contribution in [0.3, 0.4) is 0 Å². The second-order valence-corrected chi connectivity index (χ2v) is 7.30. The molecule has 1 fully saturated rings. The van der Waals surface area contributed by atoms with E-state index in [1.165, 1.54) is 0 Å². The Bertz CT molecular complexity index is 769. The Morgan fingerprint density at radius 3 is 2.35 bits per heavy atom. The second-order valence-electron chi connectivity index (χ2n) is 6.46. The average Bonchev–Trinajstić information content (AvgIpc) is 3.15. The summed E-state index contributed by atoms with van der Waals surface area (Å²) >= 11 is 12.0. The fraction of sp³-hybridized carbons (Fsp3) is 0.368. The third-order valence-corrected chi connectivity index (χ3v) is 5.22. The van der Waals surface area contributed by atoms with Gasteiger partial charge in [-0.1, -0.05) is 23.2 Å². The fourth-order valence-corrected chi connectivity index (χ4v) is 3.63. The third-order valence-electron chi connectivity index (χ3n) is 4.67. The number of benzene rings is 1. The van der Waals surface area contributed by atoms with E-state index in [1.807, 2.05) is 6.07 Å². The van der Waals surface area contributed by atoms with E-state index in [9.17, 15) is 9.59 Å². The van der Waals surface area contributed by atoms with E-state index >= 15 is 0 Å². The number of hydrogen-bond acceptors (Lipinski definition) is 3. The number of furan rings is 1. The predicted octanol–water partition coefficient (Wildman–Crippen LogP) is 4.65. The predicted molar refractivity (Wildman–Crippen MR) is 101 cm³/mol. The van der Waals surface area contributed by atoms with Crippen LogP contribution in [0.4, 0.5) is 5.69 Å². The Morgan fingerprint density at radius 1 is 1.04 bits per heavy atom. The summed E-state index contributed by atoms with van der Waals surface area (Å²) in [6.45, 7) is 0.390. The summed E-state index contributed by atoms with van der Waals surface area (Å²) in [5, 5.41) is 6.68. The zero-order valence-corrected chi connectivity index (χ0v) is 15.6. The van der Waals surface area contributed by atoms with Gasteiger partial charge in [-0.05, 0) is 56.0 Å². The van der Waals surface area contributed by atoms with Crippen LogP contribution in [0.15, 0.2) is 41.0 Å². The molecule has 0 atom stereocenters. The molecule has 1 aliphatic rings. The highest BCUT2D eigenvalue weighted by Crippen LogP contribution is 2.31. The summed E-state index contributed by atoms with van der Waals surface area (Å²) in [6, 6.07) is 8.58. The zero-order valence-electron chi connectivity index (χ0n) is 14.1. The summed E-state index contributed by atoms with van der Waals surface area (Å²) in [4.78, 5) is 24.7. The molecule has 1 aromatic heterocycles. The van der Waals surface area contributed by atoms with Crippen molar-refractivity contribution in [3.05, 3.63) is 52.4 Å². The molecule has 0 radical (unpaired) electrons. The maximum absolute atomic E-state index is 12.4. The number of hydrogen-bond donors (Lipinski definition) is 2. The Morgan fingerprint density at radius 2 is 1.73 bits per heavy atom. The van der Waals surface area contributed by atoms with Crippen LogP contribution in [-0.2, 0) is 16.1 Å². The first kappa shape index (κ1) is 18.8. The molecule has 1 heterocycles. The quantitative estimate of drug-likeness (QED) is 0.774. The molecule has 0 saturated heterocycles. The lowest BCUT2D eigenvalue weighted by molar-refractivity contribution is -0.128. The van der Waals surface area contributed by atoms with Crippen LogP contribution >= 0.6 is 23.2 Å². The lowest BCUT2D eigenvalue weighted by Gasteiger charge is -2.27. The Labute approximate surface area is 162 Å². The van der Waals surface area contributed by atoms with Crippen molar-refractivity contribution >= 4 is 40.7 Å². The minimum Gasteiger partial charge on any atom is -0.467 e. The molecule has 7 heteroatoms. The molecule has 3 rings (SSSR count). The van der Waals surface area contributed by atoms with E-state index < -0.39 is 0 Å². The van der Waals surface area contributed by atoms with Gasteiger partial charge in [-0.15, -0.1) is 0 Å². The molecule has 2 N–H and O–H groups in total. The van der Waals surface area contributed by atoms with Crippen LogP contribution in [-0.4, -0.2) is 11.8 Å². The third kappa shape index (κ3) is 4.80. The number of anilines is 1. The minimum absolute atomic E-state index is 0.0148. The number of amides is 2. The van der Waals surface area contributed by atoms with E-state index in [2.05, 4.69) is 10.6 Å². The summed E-state index contributed by atoms with van der Waals surface area (Å²) in [7, 11) is 0. The van der Waals surface area contributed by atoms with Crippen LogP contribution in [0.25, 0.3) is 0 Å². The highest BCUT2D eigenvalue weighted by atomic mass is 35.5. The molecule has 1 aromatic carbocycles. The van der Waals surface area contributed by atoms with Crippen molar-refractivity contribution in [1.82, 2.24) is 5.32 Å². The molecule has 2 aromatic rings. The van der Waals surface area contributed by atoms with Gasteiger partial charge < -0.3 is 15.1 Å². The maximum Gasteiger partial charge on any atom is 0.227 e. The van der Waals surface area contributed by atoms with Crippen molar-refractivity contribution < 1.29 is 14.0 Å². The fourth-order valence-electron chi connectivity index (χ4n) is 3.18. The number of carbonyl (C=O) groups is 2. The average molecular weight is 395 g/mol. The van der Waals surface area contributed by atoms with Gasteiger partial charge in [-0.3, -0.25) is 9.59 Å². The van der Waals surface area contributed by atoms with E-state index in [0.717, 1.165) is 5.76 Å². The van der Waals surface area contributed by atoms with Crippen LogP contribution in [0.5, 0.6) is 0 Å². The van der Waals surface area contributed by atoms with Crippen molar-refractivity contribution in [3.8, 4) is 0 Å². The SMILES string of the molecule is O=C(NCc1ccco1)C1CCC(C(=O)Nc2ccc(Cl)cc2Cl)CC1. The van der Waals surface area contributed by atoms with Gasteiger partial charge in [0.15, 0.2) is 0 Å². The number of carbonyl (C=O) groups excluding carboxylic acids is 2. The first-order valence-corrected chi connectivity index (χ1v) is 9.34. The maximum atomic E-state index is 12.4. The summed E-state index contributed by atoms with van der Waals surface area (Å²) < 4.78 is 5.21. The zero-order chi connectivity index (χ0) is 18.5. The van der Waals surface area contributed by atoms with Gasteiger partial charge in [0.25, 0.3) is 0 Å². The van der Waals surface area contributed by atoms with Gasteiger partial charge in [0.1, 0.15) is 5.76 Å². The summed E-state index contributed by atoms with van der Waals surface area (Å²) in [6.07, 6.45) is 4.32. The molecule has 1 saturated carbocycles. The molecule has 0 bridgehead atoms.